The van der Waals surface area contributed by atoms with E-state index >= 15 is 0 Å². The summed E-state index contributed by atoms with van der Waals surface area (Å²) in [6.07, 6.45) is 3.78. The monoisotopic (exact) mass is 461 g/mol. The van der Waals surface area contributed by atoms with Gasteiger partial charge in [0.05, 0.1) is 24.7 Å². The summed E-state index contributed by atoms with van der Waals surface area (Å²) >= 11 is 0. The van der Waals surface area contributed by atoms with E-state index in [1.54, 1.807) is 29.9 Å². The van der Waals surface area contributed by atoms with Crippen LogP contribution >= 0.6 is 0 Å². The van der Waals surface area contributed by atoms with Gasteiger partial charge in [0.2, 0.25) is 5.88 Å². The number of hydrogen-bond donors (Lipinski definition) is 2. The minimum absolute atomic E-state index is 0.0261. The number of carbonyl (C=O) groups is 1. The van der Waals surface area contributed by atoms with Gasteiger partial charge in [-0.25, -0.2) is 13.9 Å². The Morgan fingerprint density at radius 1 is 1.18 bits per heavy atom. The lowest BCUT2D eigenvalue weighted by Crippen LogP contribution is -2.26. The molecular weight excluding hydrogens is 437 g/mol. The summed E-state index contributed by atoms with van der Waals surface area (Å²) in [6, 6.07) is 11.9. The minimum Gasteiger partial charge on any atom is -0.497 e. The molecule has 34 heavy (non-hydrogen) atoms. The fourth-order valence-electron chi connectivity index (χ4n) is 3.75. The Hall–Kier alpha value is -4.14. The molecule has 1 saturated carbocycles. The van der Waals surface area contributed by atoms with Crippen LogP contribution in [-0.4, -0.2) is 40.7 Å². The van der Waals surface area contributed by atoms with Gasteiger partial charge in [-0.1, -0.05) is 6.07 Å². The van der Waals surface area contributed by atoms with Gasteiger partial charge < -0.3 is 20.1 Å². The second kappa shape index (κ2) is 8.66. The van der Waals surface area contributed by atoms with Crippen molar-refractivity contribution in [1.29, 1.82) is 0 Å². The number of halogens is 1. The van der Waals surface area contributed by atoms with Gasteiger partial charge in [0.25, 0.3) is 5.91 Å². The second-order valence-electron chi connectivity index (χ2n) is 8.20. The summed E-state index contributed by atoms with van der Waals surface area (Å²) < 4.78 is 26.9. The fourth-order valence-corrected chi connectivity index (χ4v) is 3.75. The van der Waals surface area contributed by atoms with E-state index in [0.717, 1.165) is 24.0 Å². The van der Waals surface area contributed by atoms with Gasteiger partial charge in [0, 0.05) is 36.3 Å². The minimum atomic E-state index is -0.561. The molecule has 1 aliphatic carbocycles. The Bertz CT molecular complexity index is 1400. The zero-order chi connectivity index (χ0) is 23.8. The molecular formula is C25H24FN5O3. The highest BCUT2D eigenvalue weighted by Crippen LogP contribution is 2.31. The molecule has 2 aromatic heterocycles. The molecule has 0 radical (unpaired) electrons. The molecule has 9 heteroatoms. The van der Waals surface area contributed by atoms with E-state index in [0.29, 0.717) is 34.4 Å². The SMILES string of the molecule is CNc1cc(Oc2ccc(OC)cc2F)nn2c(-c3ccc(C(=O)NC4CC4)c(C)c3)cnc12. The highest BCUT2D eigenvalue weighted by atomic mass is 19.1. The van der Waals surface area contributed by atoms with Crippen LogP contribution in [0.3, 0.4) is 0 Å². The van der Waals surface area contributed by atoms with E-state index in [2.05, 4.69) is 20.7 Å². The predicted octanol–water partition coefficient (Wildman–Crippen LogP) is 4.58. The summed E-state index contributed by atoms with van der Waals surface area (Å²) in [5, 5.41) is 10.7. The fraction of sp³-hybridized carbons (Fsp3) is 0.240. The zero-order valence-corrected chi connectivity index (χ0v) is 19.1. The summed E-state index contributed by atoms with van der Waals surface area (Å²) in [5.41, 5.74) is 4.31. The van der Waals surface area contributed by atoms with E-state index in [-0.39, 0.29) is 17.5 Å². The number of methoxy groups -OCH3 is 1. The zero-order valence-electron chi connectivity index (χ0n) is 19.1. The van der Waals surface area contributed by atoms with E-state index in [9.17, 15) is 9.18 Å². The quantitative estimate of drug-likeness (QED) is 0.419. The molecule has 0 atom stereocenters. The third-order valence-electron chi connectivity index (χ3n) is 5.75. The Labute approximate surface area is 195 Å². The smallest absolute Gasteiger partial charge is 0.251 e. The number of carbonyl (C=O) groups excluding carboxylic acids is 1. The number of nitrogens with zero attached hydrogens (tertiary/aromatic N) is 3. The molecule has 5 rings (SSSR count). The van der Waals surface area contributed by atoms with Gasteiger partial charge >= 0.3 is 0 Å². The van der Waals surface area contributed by atoms with Crippen LogP contribution in [-0.2, 0) is 0 Å². The van der Waals surface area contributed by atoms with Crippen molar-refractivity contribution in [3.05, 3.63) is 65.6 Å². The highest BCUT2D eigenvalue weighted by Gasteiger charge is 2.24. The molecule has 0 unspecified atom stereocenters. The third-order valence-corrected chi connectivity index (χ3v) is 5.75. The number of benzene rings is 2. The number of amides is 1. The molecule has 2 N–H and O–H groups in total. The van der Waals surface area contributed by atoms with Crippen molar-refractivity contribution in [1.82, 2.24) is 19.9 Å². The molecule has 2 heterocycles. The molecule has 4 aromatic rings. The first kappa shape index (κ1) is 21.7. The summed E-state index contributed by atoms with van der Waals surface area (Å²) in [6.45, 7) is 1.90. The van der Waals surface area contributed by atoms with Crippen molar-refractivity contribution < 1.29 is 18.7 Å². The van der Waals surface area contributed by atoms with Crippen LogP contribution in [0.4, 0.5) is 10.1 Å². The number of aromatic nitrogens is 3. The third kappa shape index (κ3) is 4.12. The number of nitrogens with one attached hydrogen (secondary N) is 2. The van der Waals surface area contributed by atoms with Crippen molar-refractivity contribution in [3.8, 4) is 28.6 Å². The number of imidazole rings is 1. The lowest BCUT2D eigenvalue weighted by atomic mass is 10.0. The Kier molecular flexibility index (Phi) is 5.53. The van der Waals surface area contributed by atoms with Crippen molar-refractivity contribution in [2.24, 2.45) is 0 Å². The first-order valence-corrected chi connectivity index (χ1v) is 11.0. The second-order valence-corrected chi connectivity index (χ2v) is 8.20. The Morgan fingerprint density at radius 2 is 2.00 bits per heavy atom. The number of ether oxygens (including phenoxy) is 2. The molecule has 0 aliphatic heterocycles. The summed E-state index contributed by atoms with van der Waals surface area (Å²) in [7, 11) is 3.23. The topological polar surface area (TPSA) is 89.8 Å². The molecule has 2 aromatic carbocycles. The standard InChI is InChI=1S/C25H24FN5O3/c1-14-10-15(4-8-18(14)25(32)29-16-5-6-16)21-13-28-24-20(27-2)12-23(30-31(21)24)34-22-9-7-17(33-3)11-19(22)26/h4,7-13,16,27H,5-6H2,1-3H3,(H,29,32). The van der Waals surface area contributed by atoms with Crippen molar-refractivity contribution >= 4 is 17.2 Å². The lowest BCUT2D eigenvalue weighted by molar-refractivity contribution is 0.0950. The maximum Gasteiger partial charge on any atom is 0.251 e. The first-order chi connectivity index (χ1) is 16.5. The Balaban J connectivity index is 1.51. The molecule has 1 amide bonds. The average molecular weight is 461 g/mol. The number of fused-ring (bicyclic) bond motifs is 1. The Morgan fingerprint density at radius 3 is 2.68 bits per heavy atom. The van der Waals surface area contributed by atoms with Crippen LogP contribution < -0.4 is 20.1 Å². The van der Waals surface area contributed by atoms with Crippen LogP contribution in [0, 0.1) is 12.7 Å². The molecule has 1 fully saturated rings. The van der Waals surface area contributed by atoms with E-state index in [1.165, 1.54) is 19.2 Å². The number of rotatable bonds is 7. The van der Waals surface area contributed by atoms with Crippen molar-refractivity contribution in [2.45, 2.75) is 25.8 Å². The van der Waals surface area contributed by atoms with Crippen LogP contribution in [0.5, 0.6) is 17.4 Å². The first-order valence-electron chi connectivity index (χ1n) is 11.0. The predicted molar refractivity (Wildman–Crippen MR) is 126 cm³/mol. The van der Waals surface area contributed by atoms with Crippen LogP contribution in [0.25, 0.3) is 16.9 Å². The maximum absolute atomic E-state index is 14.4. The molecule has 0 spiro atoms. The van der Waals surface area contributed by atoms with Crippen LogP contribution in [0.15, 0.2) is 48.7 Å². The molecule has 1 aliphatic rings. The van der Waals surface area contributed by atoms with Crippen LogP contribution in [0.2, 0.25) is 0 Å². The van der Waals surface area contributed by atoms with Crippen molar-refractivity contribution in [3.63, 3.8) is 0 Å². The van der Waals surface area contributed by atoms with E-state index < -0.39 is 5.82 Å². The highest BCUT2D eigenvalue weighted by molar-refractivity contribution is 5.96. The average Bonchev–Trinajstić information content (AvgIpc) is 3.54. The normalized spacial score (nSPS) is 13.1. The van der Waals surface area contributed by atoms with Gasteiger partial charge in [-0.05, 0) is 49.6 Å². The van der Waals surface area contributed by atoms with Crippen LogP contribution in [0.1, 0.15) is 28.8 Å². The van der Waals surface area contributed by atoms with Gasteiger partial charge in [-0.2, -0.15) is 0 Å². The summed E-state index contributed by atoms with van der Waals surface area (Å²) in [5.74, 6) is -0.00690. The number of aryl methyl sites for hydroxylation is 1. The molecule has 0 saturated heterocycles. The lowest BCUT2D eigenvalue weighted by Gasteiger charge is -2.12. The van der Waals surface area contributed by atoms with Crippen molar-refractivity contribution in [2.75, 3.05) is 19.5 Å². The van der Waals surface area contributed by atoms with E-state index in [4.69, 9.17) is 9.47 Å². The largest absolute Gasteiger partial charge is 0.497 e. The van der Waals surface area contributed by atoms with Gasteiger partial charge in [-0.3, -0.25) is 4.79 Å². The van der Waals surface area contributed by atoms with Gasteiger partial charge in [0.15, 0.2) is 17.2 Å². The van der Waals surface area contributed by atoms with E-state index in [1.807, 2.05) is 25.1 Å². The molecule has 0 bridgehead atoms. The van der Waals surface area contributed by atoms with Gasteiger partial charge in [0.1, 0.15) is 5.75 Å². The molecule has 8 nitrogen and oxygen atoms in total. The maximum atomic E-state index is 14.4. The number of anilines is 1. The number of hydrogen-bond acceptors (Lipinski definition) is 6. The summed E-state index contributed by atoms with van der Waals surface area (Å²) in [4.78, 5) is 17.0. The van der Waals surface area contributed by atoms with Gasteiger partial charge in [-0.15, -0.1) is 5.10 Å². The molecule has 174 valence electrons.